The largest absolute Gasteiger partial charge is 0.481 e. The lowest BCUT2D eigenvalue weighted by atomic mass is 9.47. The van der Waals surface area contributed by atoms with Crippen molar-refractivity contribution < 1.29 is 19.4 Å². The standard InChI is InChI=1S/C36H61NO4/c1-24(2)11-9-10-12-25-14-16-29-28-15-13-26-21-27(17-19-36(26,8)30(28)18-20-35(25,29)7)41-32(40)37-23-33(3,4)22-34(5,6)31(38)39/h13,24-25,27-30H,9-12,14-23H2,1-8H3,(H,37,40)(H,38,39). The van der Waals surface area contributed by atoms with Crippen LogP contribution in [0.5, 0.6) is 0 Å². The van der Waals surface area contributed by atoms with Crippen LogP contribution in [0.2, 0.25) is 0 Å². The van der Waals surface area contributed by atoms with Crippen molar-refractivity contribution in [2.75, 3.05) is 6.54 Å². The highest BCUT2D eigenvalue weighted by Crippen LogP contribution is 2.66. The number of hydrogen-bond acceptors (Lipinski definition) is 3. The third kappa shape index (κ3) is 7.01. The van der Waals surface area contributed by atoms with Gasteiger partial charge in [-0.1, -0.05) is 72.5 Å². The topological polar surface area (TPSA) is 75.6 Å². The van der Waals surface area contributed by atoms with Crippen molar-refractivity contribution in [2.24, 2.45) is 51.2 Å². The summed E-state index contributed by atoms with van der Waals surface area (Å²) in [4.78, 5) is 24.3. The normalized spacial score (nSPS) is 35.2. The van der Waals surface area contributed by atoms with E-state index in [1.807, 2.05) is 13.8 Å². The summed E-state index contributed by atoms with van der Waals surface area (Å²) in [6.45, 7) is 17.8. The van der Waals surface area contributed by atoms with E-state index in [-0.39, 0.29) is 23.0 Å². The molecule has 0 saturated heterocycles. The molecule has 4 aliphatic carbocycles. The Morgan fingerprint density at radius 3 is 2.46 bits per heavy atom. The Labute approximate surface area is 251 Å². The summed E-state index contributed by atoms with van der Waals surface area (Å²) in [6, 6.07) is 0. The average molecular weight is 572 g/mol. The first-order chi connectivity index (χ1) is 19.1. The van der Waals surface area contributed by atoms with Crippen molar-refractivity contribution >= 4 is 12.1 Å². The third-order valence-electron chi connectivity index (χ3n) is 12.3. The molecule has 2 N–H and O–H groups in total. The molecule has 3 saturated carbocycles. The highest BCUT2D eigenvalue weighted by Gasteiger charge is 2.58. The van der Waals surface area contributed by atoms with Gasteiger partial charge in [-0.25, -0.2) is 4.79 Å². The molecule has 7 atom stereocenters. The maximum absolute atomic E-state index is 12.8. The Hall–Kier alpha value is -1.52. The summed E-state index contributed by atoms with van der Waals surface area (Å²) in [7, 11) is 0. The first kappa shape index (κ1) is 32.4. The number of nitrogens with one attached hydrogen (secondary N) is 1. The molecule has 0 aliphatic heterocycles. The maximum atomic E-state index is 12.8. The van der Waals surface area contributed by atoms with Crippen LogP contribution in [0.15, 0.2) is 11.6 Å². The number of fused-ring (bicyclic) bond motifs is 5. The van der Waals surface area contributed by atoms with Crippen molar-refractivity contribution in [3.63, 3.8) is 0 Å². The number of allylic oxidation sites excluding steroid dienone is 1. The molecular formula is C36H61NO4. The molecule has 0 aromatic rings. The van der Waals surface area contributed by atoms with Crippen LogP contribution >= 0.6 is 0 Å². The molecule has 1 amide bonds. The minimum atomic E-state index is -0.836. The van der Waals surface area contributed by atoms with Crippen LogP contribution in [0.4, 0.5) is 4.79 Å². The van der Waals surface area contributed by atoms with Crippen LogP contribution < -0.4 is 5.32 Å². The minimum absolute atomic E-state index is 0.0694. The number of aliphatic carboxylic acids is 1. The first-order valence-electron chi connectivity index (χ1n) is 16.9. The number of rotatable bonds is 11. The Morgan fingerprint density at radius 1 is 1.05 bits per heavy atom. The van der Waals surface area contributed by atoms with Crippen LogP contribution in [0.1, 0.15) is 139 Å². The molecule has 0 aromatic heterocycles. The van der Waals surface area contributed by atoms with Crippen LogP contribution in [0.25, 0.3) is 0 Å². The fourth-order valence-electron chi connectivity index (χ4n) is 10.1. The van der Waals surface area contributed by atoms with Crippen molar-refractivity contribution in [1.29, 1.82) is 0 Å². The van der Waals surface area contributed by atoms with Crippen LogP contribution in [0.3, 0.4) is 0 Å². The summed E-state index contributed by atoms with van der Waals surface area (Å²) in [5.74, 6) is 3.40. The number of carboxylic acid groups (broad SMARTS) is 1. The van der Waals surface area contributed by atoms with Crippen LogP contribution in [-0.4, -0.2) is 29.8 Å². The van der Waals surface area contributed by atoms with Gasteiger partial charge in [0.25, 0.3) is 0 Å². The van der Waals surface area contributed by atoms with Gasteiger partial charge in [0.2, 0.25) is 0 Å². The van der Waals surface area contributed by atoms with E-state index < -0.39 is 11.4 Å². The molecule has 0 heterocycles. The number of carbonyl (C=O) groups excluding carboxylic acids is 1. The SMILES string of the molecule is CC(C)CCCCC1CCC2C3CC=C4CC(OC(=O)NCC(C)(C)CC(C)(C)C(=O)O)CCC4(C)C3CCC12C. The van der Waals surface area contributed by atoms with Gasteiger partial charge in [0, 0.05) is 13.0 Å². The molecule has 41 heavy (non-hydrogen) atoms. The lowest BCUT2D eigenvalue weighted by Crippen LogP contribution is -2.50. The first-order valence-corrected chi connectivity index (χ1v) is 16.9. The molecular weight excluding hydrogens is 510 g/mol. The van der Waals surface area contributed by atoms with Gasteiger partial charge in [-0.2, -0.15) is 0 Å². The van der Waals surface area contributed by atoms with E-state index in [1.165, 1.54) is 63.4 Å². The predicted molar refractivity (Wildman–Crippen MR) is 167 cm³/mol. The summed E-state index contributed by atoms with van der Waals surface area (Å²) < 4.78 is 5.95. The van der Waals surface area contributed by atoms with Gasteiger partial charge in [0.15, 0.2) is 0 Å². The number of ether oxygens (including phenoxy) is 1. The van der Waals surface area contributed by atoms with Gasteiger partial charge in [-0.3, -0.25) is 4.79 Å². The number of amides is 1. The molecule has 234 valence electrons. The highest BCUT2D eigenvalue weighted by molar-refractivity contribution is 5.73. The van der Waals surface area contributed by atoms with Crippen LogP contribution in [-0.2, 0) is 9.53 Å². The molecule has 5 heteroatoms. The predicted octanol–water partition coefficient (Wildman–Crippen LogP) is 9.40. The zero-order valence-corrected chi connectivity index (χ0v) is 27.6. The van der Waals surface area contributed by atoms with E-state index in [4.69, 9.17) is 4.74 Å². The molecule has 3 fully saturated rings. The lowest BCUT2D eigenvalue weighted by molar-refractivity contribution is -0.148. The van der Waals surface area contributed by atoms with E-state index >= 15 is 0 Å². The third-order valence-corrected chi connectivity index (χ3v) is 12.3. The summed E-state index contributed by atoms with van der Waals surface area (Å²) in [5, 5.41) is 12.4. The van der Waals surface area contributed by atoms with Crippen LogP contribution in [0, 0.1) is 51.2 Å². The molecule has 0 aromatic carbocycles. The second kappa shape index (κ2) is 12.2. The molecule has 0 spiro atoms. The number of carbonyl (C=O) groups is 2. The van der Waals surface area contributed by atoms with Crippen molar-refractivity contribution in [3.05, 3.63) is 11.6 Å². The van der Waals surface area contributed by atoms with E-state index in [2.05, 4.69) is 39.1 Å². The van der Waals surface area contributed by atoms with Crippen molar-refractivity contribution in [2.45, 2.75) is 145 Å². The van der Waals surface area contributed by atoms with E-state index in [9.17, 15) is 14.7 Å². The highest BCUT2D eigenvalue weighted by atomic mass is 16.6. The minimum Gasteiger partial charge on any atom is -0.481 e. The number of alkyl carbamates (subject to hydrolysis) is 1. The van der Waals surface area contributed by atoms with E-state index in [0.29, 0.717) is 18.4 Å². The molecule has 0 bridgehead atoms. The average Bonchev–Trinajstić information content (AvgIpc) is 3.21. The van der Waals surface area contributed by atoms with Crippen molar-refractivity contribution in [3.8, 4) is 0 Å². The van der Waals surface area contributed by atoms with Gasteiger partial charge in [0.05, 0.1) is 5.41 Å². The number of unbranched alkanes of at least 4 members (excludes halogenated alkanes) is 1. The molecule has 0 radical (unpaired) electrons. The van der Waals surface area contributed by atoms with Gasteiger partial charge in [-0.15, -0.1) is 0 Å². The maximum Gasteiger partial charge on any atom is 0.407 e. The van der Waals surface area contributed by atoms with Crippen molar-refractivity contribution in [1.82, 2.24) is 5.32 Å². The van der Waals surface area contributed by atoms with Gasteiger partial charge >= 0.3 is 12.1 Å². The quantitative estimate of drug-likeness (QED) is 0.191. The summed E-state index contributed by atoms with van der Waals surface area (Å²) in [5.41, 5.74) is 1.15. The lowest BCUT2D eigenvalue weighted by Gasteiger charge is -2.58. The second-order valence-electron chi connectivity index (χ2n) is 16.9. The Bertz CT molecular complexity index is 982. The Kier molecular flexibility index (Phi) is 9.66. The summed E-state index contributed by atoms with van der Waals surface area (Å²) in [6.07, 6.45) is 18.0. The fraction of sp³-hybridized carbons (Fsp3) is 0.889. The molecule has 4 aliphatic rings. The molecule has 4 rings (SSSR count). The second-order valence-corrected chi connectivity index (χ2v) is 16.9. The molecule has 5 nitrogen and oxygen atoms in total. The van der Waals surface area contributed by atoms with E-state index in [1.54, 1.807) is 13.8 Å². The fourth-order valence-corrected chi connectivity index (χ4v) is 10.1. The van der Waals surface area contributed by atoms with Gasteiger partial charge < -0.3 is 15.2 Å². The van der Waals surface area contributed by atoms with E-state index in [0.717, 1.165) is 48.9 Å². The number of carboxylic acids is 1. The smallest absolute Gasteiger partial charge is 0.407 e. The Morgan fingerprint density at radius 2 is 1.78 bits per heavy atom. The molecule has 7 unspecified atom stereocenters. The monoisotopic (exact) mass is 571 g/mol. The van der Waals surface area contributed by atoms with Gasteiger partial charge in [-0.05, 0) is 117 Å². The van der Waals surface area contributed by atoms with Gasteiger partial charge in [0.1, 0.15) is 6.10 Å². The zero-order valence-electron chi connectivity index (χ0n) is 27.6. The Balaban J connectivity index is 1.31. The zero-order chi connectivity index (χ0) is 30.2. The summed E-state index contributed by atoms with van der Waals surface area (Å²) >= 11 is 0. The number of hydrogen-bond donors (Lipinski definition) is 2.